The molecule has 4 aliphatic carbocycles. The topological polar surface area (TPSA) is 29.5 Å². The molecule has 0 bridgehead atoms. The zero-order valence-electron chi connectivity index (χ0n) is 16.3. The maximum Gasteiger partial charge on any atom is 0.249 e. The number of amides is 1. The van der Waals surface area contributed by atoms with Crippen molar-refractivity contribution in [3.05, 3.63) is 23.8 Å². The van der Waals surface area contributed by atoms with Gasteiger partial charge in [-0.3, -0.25) is 9.63 Å². The highest BCUT2D eigenvalue weighted by molar-refractivity contribution is 5.79. The predicted octanol–water partition coefficient (Wildman–Crippen LogP) is 4.75. The average molecular weight is 344 g/mol. The highest BCUT2D eigenvalue weighted by Crippen LogP contribution is 2.65. The van der Waals surface area contributed by atoms with Crippen molar-refractivity contribution < 1.29 is 9.63 Å². The van der Waals surface area contributed by atoms with Gasteiger partial charge in [0.15, 0.2) is 0 Å². The summed E-state index contributed by atoms with van der Waals surface area (Å²) in [4.78, 5) is 18.1. The summed E-state index contributed by atoms with van der Waals surface area (Å²) in [6, 6.07) is 0. The lowest BCUT2D eigenvalue weighted by molar-refractivity contribution is -0.179. The first kappa shape index (κ1) is 17.3. The third-order valence-electron chi connectivity index (χ3n) is 8.46. The van der Waals surface area contributed by atoms with Gasteiger partial charge in [0.1, 0.15) is 0 Å². The molecule has 0 aromatic rings. The molecule has 0 heterocycles. The minimum Gasteiger partial charge on any atom is -0.275 e. The molecule has 2 saturated carbocycles. The third kappa shape index (κ3) is 2.38. The van der Waals surface area contributed by atoms with Gasteiger partial charge in [-0.2, -0.15) is 0 Å². The molecule has 6 atom stereocenters. The molecule has 0 radical (unpaired) electrons. The molecule has 0 aromatic heterocycles. The van der Waals surface area contributed by atoms with Gasteiger partial charge < -0.3 is 0 Å². The van der Waals surface area contributed by atoms with Gasteiger partial charge in [-0.15, -0.1) is 0 Å². The Hall–Kier alpha value is -1.09. The zero-order chi connectivity index (χ0) is 17.8. The first-order valence-electron chi connectivity index (χ1n) is 10.1. The minimum atomic E-state index is 0.118. The van der Waals surface area contributed by atoms with Crippen LogP contribution in [0.5, 0.6) is 0 Å². The quantitative estimate of drug-likeness (QED) is 0.677. The number of hydrogen-bond acceptors (Lipinski definition) is 2. The van der Waals surface area contributed by atoms with Gasteiger partial charge in [0.05, 0.1) is 7.11 Å². The number of carbonyl (C=O) groups is 1. The summed E-state index contributed by atoms with van der Waals surface area (Å²) in [5.74, 6) is 2.34. The molecule has 138 valence electrons. The number of allylic oxidation sites excluding steroid dienone is 4. The van der Waals surface area contributed by atoms with Gasteiger partial charge >= 0.3 is 0 Å². The summed E-state index contributed by atoms with van der Waals surface area (Å²) >= 11 is 0. The summed E-state index contributed by atoms with van der Waals surface area (Å²) < 4.78 is 0. The first-order chi connectivity index (χ1) is 11.9. The van der Waals surface area contributed by atoms with Crippen molar-refractivity contribution >= 4 is 5.91 Å². The van der Waals surface area contributed by atoms with Crippen molar-refractivity contribution in [3.8, 4) is 0 Å². The van der Waals surface area contributed by atoms with E-state index < -0.39 is 0 Å². The lowest BCUT2D eigenvalue weighted by atomic mass is 9.48. The van der Waals surface area contributed by atoms with Crippen LogP contribution in [-0.2, 0) is 9.63 Å². The molecule has 4 aliphatic rings. The second-order valence-electron chi connectivity index (χ2n) is 9.31. The lowest BCUT2D eigenvalue weighted by Gasteiger charge is -2.56. The molecule has 2 fully saturated rings. The van der Waals surface area contributed by atoms with Crippen molar-refractivity contribution in [1.29, 1.82) is 0 Å². The highest BCUT2D eigenvalue weighted by Gasteiger charge is 2.59. The van der Waals surface area contributed by atoms with Crippen LogP contribution < -0.4 is 0 Å². The summed E-state index contributed by atoms with van der Waals surface area (Å²) in [6.45, 7) is 4.90. The van der Waals surface area contributed by atoms with E-state index >= 15 is 0 Å². The molecule has 1 amide bonds. The van der Waals surface area contributed by atoms with E-state index in [-0.39, 0.29) is 17.2 Å². The Bertz CT molecular complexity index is 624. The fourth-order valence-electron chi connectivity index (χ4n) is 6.90. The molecular weight excluding hydrogens is 310 g/mol. The van der Waals surface area contributed by atoms with Crippen molar-refractivity contribution in [2.45, 2.75) is 58.8 Å². The van der Waals surface area contributed by atoms with E-state index in [0.29, 0.717) is 17.3 Å². The molecular formula is C22H33NO2. The number of hydrogen-bond donors (Lipinski definition) is 0. The van der Waals surface area contributed by atoms with Crippen molar-refractivity contribution in [3.63, 3.8) is 0 Å². The summed E-state index contributed by atoms with van der Waals surface area (Å²) in [5.41, 5.74) is 2.08. The van der Waals surface area contributed by atoms with Gasteiger partial charge in [0, 0.05) is 13.0 Å². The van der Waals surface area contributed by atoms with Crippen LogP contribution in [0.15, 0.2) is 23.8 Å². The van der Waals surface area contributed by atoms with Crippen molar-refractivity contribution in [1.82, 2.24) is 5.06 Å². The van der Waals surface area contributed by atoms with E-state index in [1.54, 1.807) is 19.7 Å². The monoisotopic (exact) mass is 343 g/mol. The average Bonchev–Trinajstić information content (AvgIpc) is 2.97. The molecule has 0 N–H and O–H groups in total. The van der Waals surface area contributed by atoms with Gasteiger partial charge in [0.2, 0.25) is 5.91 Å². The highest BCUT2D eigenvalue weighted by atomic mass is 16.7. The largest absolute Gasteiger partial charge is 0.275 e. The normalized spacial score (nSPS) is 45.2. The molecule has 25 heavy (non-hydrogen) atoms. The van der Waals surface area contributed by atoms with E-state index in [4.69, 9.17) is 4.84 Å². The fraction of sp³-hybridized carbons (Fsp3) is 0.773. The Kier molecular flexibility index (Phi) is 4.14. The number of carbonyl (C=O) groups excluding carboxylic acids is 1. The van der Waals surface area contributed by atoms with Crippen LogP contribution >= 0.6 is 0 Å². The van der Waals surface area contributed by atoms with Crippen LogP contribution in [0.2, 0.25) is 0 Å². The molecule has 0 unspecified atom stereocenters. The SMILES string of the molecule is CON(C)C(=O)[C@H]1CC[C@H]2[C@@H]3C=CC4=CCCC[C@@]4(C)[C@@H]3CC[C@]12C. The number of hydroxylamine groups is 2. The van der Waals surface area contributed by atoms with E-state index in [2.05, 4.69) is 32.1 Å². The fourth-order valence-corrected chi connectivity index (χ4v) is 6.90. The van der Waals surface area contributed by atoms with E-state index in [9.17, 15) is 4.79 Å². The smallest absolute Gasteiger partial charge is 0.249 e. The first-order valence-corrected chi connectivity index (χ1v) is 10.1. The van der Waals surface area contributed by atoms with E-state index in [1.165, 1.54) is 43.6 Å². The molecule has 3 heteroatoms. The van der Waals surface area contributed by atoms with Crippen LogP contribution in [0.1, 0.15) is 58.8 Å². The van der Waals surface area contributed by atoms with E-state index in [1.807, 2.05) is 0 Å². The van der Waals surface area contributed by atoms with Crippen molar-refractivity contribution in [2.24, 2.45) is 34.5 Å². The van der Waals surface area contributed by atoms with Gasteiger partial charge in [0.25, 0.3) is 0 Å². The Labute approximate surface area is 152 Å². The standard InChI is InChI=1S/C22H33NO2/c1-21-13-6-5-7-15(21)8-9-16-17-10-11-19(20(24)23(3)25-4)22(17,2)14-12-18(16)21/h7-9,16-19H,5-6,10-14H2,1-4H3/t16-,17-,18+,19+,21+,22-/m0/s1. The summed E-state index contributed by atoms with van der Waals surface area (Å²) in [5, 5.41) is 1.45. The summed E-state index contributed by atoms with van der Waals surface area (Å²) in [6.07, 6.45) is 16.0. The van der Waals surface area contributed by atoms with Crippen LogP contribution in [-0.4, -0.2) is 25.1 Å². The Morgan fingerprint density at radius 1 is 1.20 bits per heavy atom. The van der Waals surface area contributed by atoms with Crippen LogP contribution in [0, 0.1) is 34.5 Å². The van der Waals surface area contributed by atoms with Crippen LogP contribution in [0.25, 0.3) is 0 Å². The number of nitrogens with zero attached hydrogens (tertiary/aromatic N) is 1. The van der Waals surface area contributed by atoms with Crippen molar-refractivity contribution in [2.75, 3.05) is 14.2 Å². The Morgan fingerprint density at radius 2 is 2.00 bits per heavy atom. The molecule has 4 rings (SSSR count). The molecule has 3 nitrogen and oxygen atoms in total. The molecule has 0 aromatic carbocycles. The number of fused-ring (bicyclic) bond motifs is 5. The number of rotatable bonds is 2. The molecule has 0 spiro atoms. The Morgan fingerprint density at radius 3 is 2.76 bits per heavy atom. The van der Waals surface area contributed by atoms with Crippen LogP contribution in [0.4, 0.5) is 0 Å². The van der Waals surface area contributed by atoms with E-state index in [0.717, 1.165) is 12.3 Å². The van der Waals surface area contributed by atoms with Crippen LogP contribution in [0.3, 0.4) is 0 Å². The maximum absolute atomic E-state index is 12.9. The molecule has 0 aliphatic heterocycles. The second-order valence-corrected chi connectivity index (χ2v) is 9.31. The maximum atomic E-state index is 12.9. The third-order valence-corrected chi connectivity index (χ3v) is 8.46. The summed E-state index contributed by atoms with van der Waals surface area (Å²) in [7, 11) is 3.34. The predicted molar refractivity (Wildman–Crippen MR) is 99.5 cm³/mol. The Balaban J connectivity index is 1.65. The second kappa shape index (κ2) is 5.97. The zero-order valence-corrected chi connectivity index (χ0v) is 16.3. The van der Waals surface area contributed by atoms with Gasteiger partial charge in [-0.25, -0.2) is 5.06 Å². The van der Waals surface area contributed by atoms with Gasteiger partial charge in [-0.05, 0) is 79.1 Å². The molecule has 0 saturated heterocycles. The minimum absolute atomic E-state index is 0.118. The van der Waals surface area contributed by atoms with Gasteiger partial charge in [-0.1, -0.05) is 32.1 Å². The lowest BCUT2D eigenvalue weighted by Crippen LogP contribution is -2.50.